The van der Waals surface area contributed by atoms with E-state index in [9.17, 15) is 0 Å². The van der Waals surface area contributed by atoms with Crippen molar-refractivity contribution >= 4 is 11.9 Å². The van der Waals surface area contributed by atoms with Crippen LogP contribution in [-0.2, 0) is 0 Å². The zero-order chi connectivity index (χ0) is 11.3. The van der Waals surface area contributed by atoms with Gasteiger partial charge in [-0.2, -0.15) is 15.0 Å². The number of aryl methyl sites for hydroxylation is 1. The number of anilines is 2. The van der Waals surface area contributed by atoms with Crippen molar-refractivity contribution in [3.63, 3.8) is 0 Å². The lowest BCUT2D eigenvalue weighted by Gasteiger charge is -2.18. The molecule has 0 unspecified atom stereocenters. The molecule has 0 spiro atoms. The summed E-state index contributed by atoms with van der Waals surface area (Å²) in [6.45, 7) is 10.7. The molecule has 5 heteroatoms. The van der Waals surface area contributed by atoms with Crippen molar-refractivity contribution in [1.29, 1.82) is 0 Å². The highest BCUT2D eigenvalue weighted by Gasteiger charge is 2.08. The Morgan fingerprint density at radius 1 is 1.07 bits per heavy atom. The summed E-state index contributed by atoms with van der Waals surface area (Å²) in [6.07, 6.45) is 0. The number of aromatic nitrogens is 3. The average Bonchev–Trinajstić information content (AvgIpc) is 2.19. The van der Waals surface area contributed by atoms with Gasteiger partial charge in [-0.05, 0) is 27.7 Å². The van der Waals surface area contributed by atoms with Crippen molar-refractivity contribution in [3.8, 4) is 0 Å². The maximum absolute atomic E-state index is 4.36. The minimum Gasteiger partial charge on any atom is -0.354 e. The highest BCUT2D eigenvalue weighted by molar-refractivity contribution is 5.36. The molecule has 0 radical (unpaired) electrons. The first-order valence-corrected chi connectivity index (χ1v) is 5.42. The number of nitrogens with zero attached hydrogens (tertiary/aromatic N) is 4. The van der Waals surface area contributed by atoms with Gasteiger partial charge in [-0.25, -0.2) is 0 Å². The molecule has 1 heterocycles. The third-order valence-corrected chi connectivity index (χ3v) is 2.12. The summed E-state index contributed by atoms with van der Waals surface area (Å²) in [5.74, 6) is 2.16. The lowest BCUT2D eigenvalue weighted by Crippen LogP contribution is -2.25. The van der Waals surface area contributed by atoms with Crippen molar-refractivity contribution in [2.75, 3.05) is 29.9 Å². The third-order valence-electron chi connectivity index (χ3n) is 2.12. The maximum Gasteiger partial charge on any atom is 0.230 e. The topological polar surface area (TPSA) is 53.9 Å². The molecule has 1 aromatic heterocycles. The van der Waals surface area contributed by atoms with Gasteiger partial charge >= 0.3 is 0 Å². The van der Waals surface area contributed by atoms with Crippen molar-refractivity contribution in [1.82, 2.24) is 15.0 Å². The van der Waals surface area contributed by atoms with E-state index in [4.69, 9.17) is 0 Å². The highest BCUT2D eigenvalue weighted by Crippen LogP contribution is 2.09. The van der Waals surface area contributed by atoms with Crippen LogP contribution in [0.3, 0.4) is 0 Å². The molecule has 1 rings (SSSR count). The molecule has 0 fully saturated rings. The van der Waals surface area contributed by atoms with Gasteiger partial charge in [0.05, 0.1) is 0 Å². The third kappa shape index (κ3) is 3.04. The first kappa shape index (κ1) is 11.7. The van der Waals surface area contributed by atoms with Crippen LogP contribution in [0.25, 0.3) is 0 Å². The van der Waals surface area contributed by atoms with Gasteiger partial charge in [0.25, 0.3) is 0 Å². The van der Waals surface area contributed by atoms with Gasteiger partial charge < -0.3 is 10.2 Å². The highest BCUT2D eigenvalue weighted by atomic mass is 15.3. The smallest absolute Gasteiger partial charge is 0.230 e. The lowest BCUT2D eigenvalue weighted by molar-refractivity contribution is 0.802. The summed E-state index contributed by atoms with van der Waals surface area (Å²) in [6, 6.07) is 0. The molecule has 1 N–H and O–H groups in total. The van der Waals surface area contributed by atoms with Crippen molar-refractivity contribution in [3.05, 3.63) is 5.82 Å². The monoisotopic (exact) mass is 209 g/mol. The molecule has 0 aliphatic heterocycles. The molecule has 1 aromatic rings. The molecule has 0 bridgehead atoms. The molecule has 15 heavy (non-hydrogen) atoms. The van der Waals surface area contributed by atoms with Gasteiger partial charge in [-0.3, -0.25) is 0 Å². The molecule has 0 saturated carbocycles. The van der Waals surface area contributed by atoms with E-state index in [1.165, 1.54) is 0 Å². The Morgan fingerprint density at radius 3 is 2.27 bits per heavy atom. The van der Waals surface area contributed by atoms with E-state index in [1.54, 1.807) is 0 Å². The Bertz CT molecular complexity index is 309. The van der Waals surface area contributed by atoms with Gasteiger partial charge in [-0.1, -0.05) is 0 Å². The van der Waals surface area contributed by atoms with Crippen LogP contribution >= 0.6 is 0 Å². The lowest BCUT2D eigenvalue weighted by atomic mass is 10.5. The van der Waals surface area contributed by atoms with Crippen LogP contribution in [0, 0.1) is 6.92 Å². The Balaban J connectivity index is 2.96. The minimum atomic E-state index is 0.659. The second kappa shape index (κ2) is 5.48. The van der Waals surface area contributed by atoms with E-state index in [1.807, 2.05) is 13.8 Å². The second-order valence-corrected chi connectivity index (χ2v) is 3.21. The number of hydrogen-bond acceptors (Lipinski definition) is 5. The van der Waals surface area contributed by atoms with Crippen LogP contribution < -0.4 is 10.2 Å². The average molecular weight is 209 g/mol. The van der Waals surface area contributed by atoms with Crippen molar-refractivity contribution in [2.45, 2.75) is 27.7 Å². The molecule has 0 amide bonds. The molecule has 5 nitrogen and oxygen atoms in total. The minimum absolute atomic E-state index is 0.659. The fraction of sp³-hybridized carbons (Fsp3) is 0.700. The van der Waals surface area contributed by atoms with Crippen molar-refractivity contribution in [2.24, 2.45) is 0 Å². The zero-order valence-electron chi connectivity index (χ0n) is 9.91. The number of rotatable bonds is 5. The van der Waals surface area contributed by atoms with Gasteiger partial charge in [0.2, 0.25) is 11.9 Å². The predicted octanol–water partition coefficient (Wildman–Crippen LogP) is 1.46. The first-order chi connectivity index (χ1) is 7.21. The molecule has 0 atom stereocenters. The van der Waals surface area contributed by atoms with Crippen LogP contribution in [0.15, 0.2) is 0 Å². The summed E-state index contributed by atoms with van der Waals surface area (Å²) in [7, 11) is 0. The summed E-state index contributed by atoms with van der Waals surface area (Å²) in [5, 5.41) is 3.10. The van der Waals surface area contributed by atoms with E-state index >= 15 is 0 Å². The van der Waals surface area contributed by atoms with Crippen LogP contribution in [0.1, 0.15) is 26.6 Å². The molecule has 84 valence electrons. The molecule has 0 aliphatic carbocycles. The summed E-state index contributed by atoms with van der Waals surface area (Å²) >= 11 is 0. The van der Waals surface area contributed by atoms with Crippen LogP contribution in [0.5, 0.6) is 0 Å². The molecular formula is C10H19N5. The quantitative estimate of drug-likeness (QED) is 0.795. The van der Waals surface area contributed by atoms with Crippen LogP contribution in [0.2, 0.25) is 0 Å². The van der Waals surface area contributed by atoms with E-state index in [0.29, 0.717) is 5.95 Å². The van der Waals surface area contributed by atoms with Crippen LogP contribution in [0.4, 0.5) is 11.9 Å². The fourth-order valence-electron chi connectivity index (χ4n) is 1.35. The van der Waals surface area contributed by atoms with Crippen molar-refractivity contribution < 1.29 is 0 Å². The largest absolute Gasteiger partial charge is 0.354 e. The Hall–Kier alpha value is -1.39. The Kier molecular flexibility index (Phi) is 4.27. The molecule has 0 aliphatic rings. The molecule has 0 saturated heterocycles. The first-order valence-electron chi connectivity index (χ1n) is 5.42. The summed E-state index contributed by atoms with van der Waals surface area (Å²) < 4.78 is 0. The van der Waals surface area contributed by atoms with Gasteiger partial charge in [-0.15, -0.1) is 0 Å². The molecular weight excluding hydrogens is 190 g/mol. The van der Waals surface area contributed by atoms with E-state index in [2.05, 4.69) is 39.0 Å². The SMILES string of the molecule is CCNc1nc(C)nc(N(CC)CC)n1. The standard InChI is InChI=1S/C10H19N5/c1-5-11-9-12-8(4)13-10(14-9)15(6-2)7-3/h5-7H2,1-4H3,(H,11,12,13,14). The Labute approximate surface area is 91.0 Å². The predicted molar refractivity (Wildman–Crippen MR) is 62.3 cm³/mol. The summed E-state index contributed by atoms with van der Waals surface area (Å²) in [5.41, 5.74) is 0. The fourth-order valence-corrected chi connectivity index (χ4v) is 1.35. The zero-order valence-corrected chi connectivity index (χ0v) is 9.91. The van der Waals surface area contributed by atoms with E-state index in [-0.39, 0.29) is 0 Å². The van der Waals surface area contributed by atoms with Crippen LogP contribution in [-0.4, -0.2) is 34.6 Å². The van der Waals surface area contributed by atoms with Gasteiger partial charge in [0, 0.05) is 19.6 Å². The van der Waals surface area contributed by atoms with Gasteiger partial charge in [0.1, 0.15) is 5.82 Å². The maximum atomic E-state index is 4.36. The van der Waals surface area contributed by atoms with Gasteiger partial charge in [0.15, 0.2) is 0 Å². The van der Waals surface area contributed by atoms with E-state index < -0.39 is 0 Å². The van der Waals surface area contributed by atoms with E-state index in [0.717, 1.165) is 31.4 Å². The number of nitrogens with one attached hydrogen (secondary N) is 1. The summed E-state index contributed by atoms with van der Waals surface area (Å²) in [4.78, 5) is 15.0. The normalized spacial score (nSPS) is 10.1. The number of hydrogen-bond donors (Lipinski definition) is 1. The molecule has 0 aromatic carbocycles. The Morgan fingerprint density at radius 2 is 1.73 bits per heavy atom. The second-order valence-electron chi connectivity index (χ2n) is 3.21.